The van der Waals surface area contributed by atoms with Crippen LogP contribution in [-0.4, -0.2) is 14.2 Å². The summed E-state index contributed by atoms with van der Waals surface area (Å²) in [6.45, 7) is 2.19. The Balaban J connectivity index is 0.00000289. The molecular weight excluding hydrogens is 250 g/mol. The molecule has 3 nitrogen and oxygen atoms in total. The second-order valence-corrected chi connectivity index (χ2v) is 4.18. The number of methoxy groups -OCH3 is 2. The SMILES string of the molecule is CCCCC[C@H](N)c1c(OC)cccc1OC.Cl. The topological polar surface area (TPSA) is 44.5 Å². The van der Waals surface area contributed by atoms with Gasteiger partial charge in [0.25, 0.3) is 0 Å². The van der Waals surface area contributed by atoms with Crippen LogP contribution in [0.4, 0.5) is 0 Å². The van der Waals surface area contributed by atoms with Gasteiger partial charge < -0.3 is 15.2 Å². The number of unbranched alkanes of at least 4 members (excludes halogenated alkanes) is 2. The van der Waals surface area contributed by atoms with Gasteiger partial charge in [0.15, 0.2) is 0 Å². The Morgan fingerprint density at radius 1 is 1.11 bits per heavy atom. The van der Waals surface area contributed by atoms with Gasteiger partial charge in [-0.2, -0.15) is 0 Å². The smallest absolute Gasteiger partial charge is 0.127 e. The molecule has 0 radical (unpaired) electrons. The molecule has 0 spiro atoms. The second-order valence-electron chi connectivity index (χ2n) is 4.18. The molecule has 0 fully saturated rings. The molecule has 104 valence electrons. The normalized spacial score (nSPS) is 11.6. The number of nitrogens with two attached hydrogens (primary N) is 1. The maximum Gasteiger partial charge on any atom is 0.127 e. The lowest BCUT2D eigenvalue weighted by atomic mass is 9.99. The molecule has 0 aromatic heterocycles. The van der Waals surface area contributed by atoms with Gasteiger partial charge >= 0.3 is 0 Å². The van der Waals surface area contributed by atoms with Crippen molar-refractivity contribution in [1.82, 2.24) is 0 Å². The second kappa shape index (κ2) is 9.06. The van der Waals surface area contributed by atoms with Crippen molar-refractivity contribution < 1.29 is 9.47 Å². The van der Waals surface area contributed by atoms with Crippen molar-refractivity contribution in [3.8, 4) is 11.5 Å². The molecule has 1 aromatic carbocycles. The van der Waals surface area contributed by atoms with Crippen molar-refractivity contribution in [2.75, 3.05) is 14.2 Å². The van der Waals surface area contributed by atoms with E-state index in [1.165, 1.54) is 12.8 Å². The molecule has 0 bridgehead atoms. The molecule has 18 heavy (non-hydrogen) atoms. The molecular formula is C14H24ClNO2. The summed E-state index contributed by atoms with van der Waals surface area (Å²) in [5.41, 5.74) is 7.21. The van der Waals surface area contributed by atoms with Crippen molar-refractivity contribution in [1.29, 1.82) is 0 Å². The molecule has 0 heterocycles. The first-order valence-corrected chi connectivity index (χ1v) is 6.21. The number of ether oxygens (including phenoxy) is 2. The van der Waals surface area contributed by atoms with E-state index < -0.39 is 0 Å². The molecule has 0 aliphatic heterocycles. The van der Waals surface area contributed by atoms with E-state index in [4.69, 9.17) is 15.2 Å². The summed E-state index contributed by atoms with van der Waals surface area (Å²) in [7, 11) is 3.33. The van der Waals surface area contributed by atoms with Crippen LogP contribution in [0, 0.1) is 0 Å². The Hall–Kier alpha value is -0.930. The Labute approximate surface area is 116 Å². The maximum atomic E-state index is 6.23. The Kier molecular flexibility index (Phi) is 8.59. The van der Waals surface area contributed by atoms with Gasteiger partial charge in [-0.15, -0.1) is 12.4 Å². The van der Waals surface area contributed by atoms with Gasteiger partial charge in [-0.05, 0) is 18.6 Å². The minimum Gasteiger partial charge on any atom is -0.496 e. The summed E-state index contributed by atoms with van der Waals surface area (Å²) in [4.78, 5) is 0. The van der Waals surface area contributed by atoms with Crippen LogP contribution < -0.4 is 15.2 Å². The highest BCUT2D eigenvalue weighted by atomic mass is 35.5. The van der Waals surface area contributed by atoms with Crippen molar-refractivity contribution in [3.05, 3.63) is 23.8 Å². The molecule has 0 aliphatic rings. The summed E-state index contributed by atoms with van der Waals surface area (Å²) in [6, 6.07) is 5.75. The highest BCUT2D eigenvalue weighted by Gasteiger charge is 2.16. The van der Waals surface area contributed by atoms with Crippen LogP contribution in [0.25, 0.3) is 0 Å². The van der Waals surface area contributed by atoms with Gasteiger partial charge in [0.1, 0.15) is 11.5 Å². The number of hydrogen-bond acceptors (Lipinski definition) is 3. The largest absolute Gasteiger partial charge is 0.496 e. The third-order valence-corrected chi connectivity index (χ3v) is 2.96. The lowest BCUT2D eigenvalue weighted by Crippen LogP contribution is -2.13. The average Bonchev–Trinajstić information content (AvgIpc) is 2.37. The van der Waals surface area contributed by atoms with Crippen LogP contribution in [-0.2, 0) is 0 Å². The van der Waals surface area contributed by atoms with Crippen molar-refractivity contribution in [3.63, 3.8) is 0 Å². The van der Waals surface area contributed by atoms with E-state index in [0.29, 0.717) is 0 Å². The van der Waals surface area contributed by atoms with Crippen molar-refractivity contribution >= 4 is 12.4 Å². The standard InChI is InChI=1S/C14H23NO2.ClH/c1-4-5-6-8-11(15)14-12(16-2)9-7-10-13(14)17-3;/h7,9-11H,4-6,8,15H2,1-3H3;1H/t11-;/m0./s1. The monoisotopic (exact) mass is 273 g/mol. The van der Waals surface area contributed by atoms with Crippen LogP contribution in [0.5, 0.6) is 11.5 Å². The molecule has 2 N–H and O–H groups in total. The molecule has 0 amide bonds. The summed E-state index contributed by atoms with van der Waals surface area (Å²) in [6.07, 6.45) is 4.52. The van der Waals surface area contributed by atoms with E-state index in [1.54, 1.807) is 14.2 Å². The summed E-state index contributed by atoms with van der Waals surface area (Å²) >= 11 is 0. The van der Waals surface area contributed by atoms with Gasteiger partial charge in [0, 0.05) is 6.04 Å². The van der Waals surface area contributed by atoms with Crippen molar-refractivity contribution in [2.24, 2.45) is 5.73 Å². The Bertz CT molecular complexity index is 322. The van der Waals surface area contributed by atoms with Gasteiger partial charge in [0.05, 0.1) is 19.8 Å². The average molecular weight is 274 g/mol. The first-order chi connectivity index (χ1) is 8.24. The first-order valence-electron chi connectivity index (χ1n) is 6.21. The fourth-order valence-corrected chi connectivity index (χ4v) is 2.00. The number of benzene rings is 1. The van der Waals surface area contributed by atoms with E-state index in [2.05, 4.69) is 6.92 Å². The lowest BCUT2D eigenvalue weighted by Gasteiger charge is -2.18. The van der Waals surface area contributed by atoms with E-state index in [-0.39, 0.29) is 18.4 Å². The lowest BCUT2D eigenvalue weighted by molar-refractivity contribution is 0.376. The maximum absolute atomic E-state index is 6.23. The summed E-state index contributed by atoms with van der Waals surface area (Å²) in [5, 5.41) is 0. The Morgan fingerprint density at radius 2 is 1.67 bits per heavy atom. The Morgan fingerprint density at radius 3 is 2.11 bits per heavy atom. The molecule has 1 atom stereocenters. The number of rotatable bonds is 7. The predicted molar refractivity (Wildman–Crippen MR) is 77.9 cm³/mol. The third kappa shape index (κ3) is 4.39. The first kappa shape index (κ1) is 17.1. The van der Waals surface area contributed by atoms with Crippen LogP contribution >= 0.6 is 12.4 Å². The van der Waals surface area contributed by atoms with E-state index in [1.807, 2.05) is 18.2 Å². The third-order valence-electron chi connectivity index (χ3n) is 2.96. The van der Waals surface area contributed by atoms with Gasteiger partial charge in [0.2, 0.25) is 0 Å². The minimum absolute atomic E-state index is 0. The van der Waals surface area contributed by atoms with Gasteiger partial charge in [-0.1, -0.05) is 32.3 Å². The molecule has 0 saturated heterocycles. The molecule has 0 unspecified atom stereocenters. The quantitative estimate of drug-likeness (QED) is 0.771. The summed E-state index contributed by atoms with van der Waals surface area (Å²) in [5.74, 6) is 1.63. The van der Waals surface area contributed by atoms with E-state index in [0.717, 1.165) is 29.9 Å². The predicted octanol–water partition coefficient (Wildman–Crippen LogP) is 3.71. The van der Waals surface area contributed by atoms with Crippen LogP contribution in [0.15, 0.2) is 18.2 Å². The highest BCUT2D eigenvalue weighted by Crippen LogP contribution is 2.34. The zero-order chi connectivity index (χ0) is 12.7. The minimum atomic E-state index is -0.0207. The fourth-order valence-electron chi connectivity index (χ4n) is 2.00. The zero-order valence-corrected chi connectivity index (χ0v) is 12.3. The molecule has 0 saturated carbocycles. The fraction of sp³-hybridized carbons (Fsp3) is 0.571. The van der Waals surface area contributed by atoms with Gasteiger partial charge in [-0.25, -0.2) is 0 Å². The van der Waals surface area contributed by atoms with E-state index >= 15 is 0 Å². The molecule has 4 heteroatoms. The summed E-state index contributed by atoms with van der Waals surface area (Å²) < 4.78 is 10.7. The van der Waals surface area contributed by atoms with Gasteiger partial charge in [-0.3, -0.25) is 0 Å². The number of halogens is 1. The number of hydrogen-bond donors (Lipinski definition) is 1. The van der Waals surface area contributed by atoms with Crippen LogP contribution in [0.1, 0.15) is 44.2 Å². The highest BCUT2D eigenvalue weighted by molar-refractivity contribution is 5.85. The molecule has 1 aromatic rings. The van der Waals surface area contributed by atoms with Crippen molar-refractivity contribution in [2.45, 2.75) is 38.6 Å². The molecule has 1 rings (SSSR count). The molecule has 0 aliphatic carbocycles. The zero-order valence-electron chi connectivity index (χ0n) is 11.4. The van der Waals surface area contributed by atoms with Crippen LogP contribution in [0.2, 0.25) is 0 Å². The van der Waals surface area contributed by atoms with Crippen LogP contribution in [0.3, 0.4) is 0 Å². The van der Waals surface area contributed by atoms with E-state index in [9.17, 15) is 0 Å².